The maximum atomic E-state index is 12.9. The van der Waals surface area contributed by atoms with Gasteiger partial charge in [0.15, 0.2) is 0 Å². The number of nitrogens with one attached hydrogen (secondary N) is 1. The molecule has 1 N–H and O–H groups in total. The summed E-state index contributed by atoms with van der Waals surface area (Å²) in [5.74, 6) is 1.11. The molecular weight excluding hydrogens is 412 g/mol. The molecule has 1 aliphatic rings. The van der Waals surface area contributed by atoms with Crippen LogP contribution in [0.5, 0.6) is 0 Å². The van der Waals surface area contributed by atoms with Crippen molar-refractivity contribution in [2.24, 2.45) is 4.99 Å². The van der Waals surface area contributed by atoms with Crippen molar-refractivity contribution in [3.63, 3.8) is 0 Å². The molecule has 0 bridgehead atoms. The number of rotatable bonds is 6. The van der Waals surface area contributed by atoms with Gasteiger partial charge < -0.3 is 15.1 Å². The van der Waals surface area contributed by atoms with E-state index in [1.165, 1.54) is 0 Å². The van der Waals surface area contributed by atoms with Crippen molar-refractivity contribution in [2.75, 3.05) is 43.4 Å². The summed E-state index contributed by atoms with van der Waals surface area (Å²) in [6.07, 6.45) is 9.23. The Labute approximate surface area is 194 Å². The number of aliphatic imine (C=N–C) groups is 1. The number of carbonyl (C=O) groups excluding carboxylic acids is 1. The molecule has 3 heterocycles. The summed E-state index contributed by atoms with van der Waals surface area (Å²) in [4.78, 5) is 30.4. The lowest BCUT2D eigenvalue weighted by Gasteiger charge is -2.33. The summed E-state index contributed by atoms with van der Waals surface area (Å²) < 4.78 is 0. The van der Waals surface area contributed by atoms with Crippen LogP contribution in [0, 0.1) is 0 Å². The van der Waals surface area contributed by atoms with Gasteiger partial charge in [-0.3, -0.25) is 9.79 Å². The zero-order valence-corrected chi connectivity index (χ0v) is 19.0. The molecule has 3 aromatic rings. The number of aromatic nitrogens is 2. The van der Waals surface area contributed by atoms with Crippen molar-refractivity contribution in [2.45, 2.75) is 6.92 Å². The van der Waals surface area contributed by atoms with E-state index in [0.717, 1.165) is 54.0 Å². The predicted octanol–water partition coefficient (Wildman–Crippen LogP) is 4.25. The van der Waals surface area contributed by atoms with E-state index in [1.807, 2.05) is 55.5 Å². The first kappa shape index (κ1) is 22.4. The fourth-order valence-corrected chi connectivity index (χ4v) is 3.75. The number of hydrogen-bond donors (Lipinski definition) is 1. The van der Waals surface area contributed by atoms with Gasteiger partial charge in [0.1, 0.15) is 11.6 Å². The number of pyridine rings is 2. The molecule has 0 saturated carbocycles. The number of benzene rings is 1. The Morgan fingerprint density at radius 3 is 2.64 bits per heavy atom. The quantitative estimate of drug-likeness (QED) is 0.458. The van der Waals surface area contributed by atoms with E-state index in [4.69, 9.17) is 0 Å². The van der Waals surface area contributed by atoms with Crippen LogP contribution in [-0.2, 0) is 0 Å². The monoisotopic (exact) mass is 440 g/mol. The molecule has 2 aromatic heterocycles. The van der Waals surface area contributed by atoms with Gasteiger partial charge >= 0.3 is 0 Å². The maximum absolute atomic E-state index is 12.9. The average Bonchev–Trinajstić information content (AvgIpc) is 2.85. The van der Waals surface area contributed by atoms with E-state index < -0.39 is 0 Å². The Kier molecular flexibility index (Phi) is 6.90. The number of allylic oxidation sites excluding steroid dienone is 3. The molecule has 1 aromatic carbocycles. The summed E-state index contributed by atoms with van der Waals surface area (Å²) in [5.41, 5.74) is 2.29. The molecule has 0 unspecified atom stereocenters. The first-order valence-corrected chi connectivity index (χ1v) is 11.0. The Hall–Kier alpha value is -3.84. The Morgan fingerprint density at radius 1 is 1.06 bits per heavy atom. The van der Waals surface area contributed by atoms with Gasteiger partial charge in [0.2, 0.25) is 0 Å². The van der Waals surface area contributed by atoms with E-state index in [9.17, 15) is 4.79 Å². The minimum atomic E-state index is -0.211. The minimum Gasteiger partial charge on any atom is -0.354 e. The maximum Gasteiger partial charge on any atom is 0.257 e. The molecule has 1 aliphatic heterocycles. The molecule has 1 saturated heterocycles. The number of amides is 1. The highest BCUT2D eigenvalue weighted by Crippen LogP contribution is 2.24. The Balaban J connectivity index is 1.54. The van der Waals surface area contributed by atoms with E-state index in [2.05, 4.69) is 43.8 Å². The topological polar surface area (TPSA) is 73.7 Å². The van der Waals surface area contributed by atoms with Gasteiger partial charge in [0.25, 0.3) is 5.91 Å². The largest absolute Gasteiger partial charge is 0.354 e. The number of nitrogens with zero attached hydrogens (tertiary/aromatic N) is 5. The summed E-state index contributed by atoms with van der Waals surface area (Å²) in [6, 6.07) is 11.4. The molecule has 0 atom stereocenters. The standard InChI is InChI=1S/C26H28N6O/c1-4-5-6-23(27-2)19-7-8-21-18-29-24(16-22(21)15-19)30-26(33)20-9-10-28-25(17-20)32-13-11-31(3)12-14-32/h4-10,15-18H,2,11-14H2,1,3H3,(H,29,30,33)/b5-4-,23-6-. The Morgan fingerprint density at radius 2 is 1.88 bits per heavy atom. The number of piperazine rings is 1. The molecule has 33 heavy (non-hydrogen) atoms. The zero-order valence-electron chi connectivity index (χ0n) is 19.0. The molecule has 0 radical (unpaired) electrons. The lowest BCUT2D eigenvalue weighted by atomic mass is 10.1. The van der Waals surface area contributed by atoms with E-state index in [0.29, 0.717) is 11.4 Å². The number of hydrogen-bond acceptors (Lipinski definition) is 6. The highest BCUT2D eigenvalue weighted by atomic mass is 16.1. The van der Waals surface area contributed by atoms with Gasteiger partial charge in [-0.25, -0.2) is 9.97 Å². The lowest BCUT2D eigenvalue weighted by Crippen LogP contribution is -2.44. The number of carbonyl (C=O) groups is 1. The molecule has 168 valence electrons. The molecule has 4 rings (SSSR count). The van der Waals surface area contributed by atoms with Crippen LogP contribution in [0.15, 0.2) is 72.0 Å². The van der Waals surface area contributed by atoms with Gasteiger partial charge in [0.05, 0.1) is 5.70 Å². The van der Waals surface area contributed by atoms with Gasteiger partial charge in [-0.05, 0) is 56.4 Å². The van der Waals surface area contributed by atoms with Gasteiger partial charge in [-0.2, -0.15) is 0 Å². The first-order chi connectivity index (χ1) is 16.1. The fourth-order valence-electron chi connectivity index (χ4n) is 3.75. The second kappa shape index (κ2) is 10.2. The van der Waals surface area contributed by atoms with Crippen molar-refractivity contribution in [3.05, 3.63) is 78.1 Å². The molecule has 0 spiro atoms. The molecule has 7 nitrogen and oxygen atoms in total. The third kappa shape index (κ3) is 5.32. The summed E-state index contributed by atoms with van der Waals surface area (Å²) in [6.45, 7) is 9.38. The van der Waals surface area contributed by atoms with Crippen LogP contribution >= 0.6 is 0 Å². The normalized spacial score (nSPS) is 15.2. The summed E-state index contributed by atoms with van der Waals surface area (Å²) in [7, 11) is 2.11. The lowest BCUT2D eigenvalue weighted by molar-refractivity contribution is 0.102. The predicted molar refractivity (Wildman–Crippen MR) is 136 cm³/mol. The third-order valence-electron chi connectivity index (χ3n) is 5.71. The van der Waals surface area contributed by atoms with Crippen LogP contribution in [0.3, 0.4) is 0 Å². The van der Waals surface area contributed by atoms with E-state index in [-0.39, 0.29) is 5.91 Å². The number of likely N-dealkylation sites (N-methyl/N-ethyl adjacent to an activating group) is 1. The zero-order chi connectivity index (χ0) is 23.2. The highest BCUT2D eigenvalue weighted by Gasteiger charge is 2.17. The van der Waals surface area contributed by atoms with Crippen LogP contribution in [0.25, 0.3) is 16.5 Å². The SMILES string of the molecule is C=N/C(=C\C=C/C)c1ccc2cnc(NC(=O)c3ccnc(N4CCN(C)CC4)c3)cc2c1. The molecule has 7 heteroatoms. The smallest absolute Gasteiger partial charge is 0.257 e. The second-order valence-electron chi connectivity index (χ2n) is 8.01. The van der Waals surface area contributed by atoms with Gasteiger partial charge in [-0.1, -0.05) is 24.3 Å². The van der Waals surface area contributed by atoms with Crippen LogP contribution in [0.2, 0.25) is 0 Å². The van der Waals surface area contributed by atoms with Crippen LogP contribution < -0.4 is 10.2 Å². The molecule has 0 aliphatic carbocycles. The van der Waals surface area contributed by atoms with Gasteiger partial charge in [-0.15, -0.1) is 0 Å². The average molecular weight is 441 g/mol. The van der Waals surface area contributed by atoms with Crippen molar-refractivity contribution >= 4 is 40.7 Å². The summed E-state index contributed by atoms with van der Waals surface area (Å²) in [5, 5.41) is 4.86. The molecule has 1 amide bonds. The first-order valence-electron chi connectivity index (χ1n) is 11.0. The molecule has 1 fully saturated rings. The third-order valence-corrected chi connectivity index (χ3v) is 5.71. The van der Waals surface area contributed by atoms with Crippen LogP contribution in [-0.4, -0.2) is 60.7 Å². The summed E-state index contributed by atoms with van der Waals surface area (Å²) >= 11 is 0. The Bertz CT molecular complexity index is 1220. The molecular formula is C26H28N6O. The van der Waals surface area contributed by atoms with Gasteiger partial charge in [0, 0.05) is 55.1 Å². The van der Waals surface area contributed by atoms with Crippen molar-refractivity contribution in [1.29, 1.82) is 0 Å². The van der Waals surface area contributed by atoms with E-state index in [1.54, 1.807) is 18.5 Å². The van der Waals surface area contributed by atoms with Crippen molar-refractivity contribution < 1.29 is 4.79 Å². The second-order valence-corrected chi connectivity index (χ2v) is 8.01. The van der Waals surface area contributed by atoms with Crippen LogP contribution in [0.1, 0.15) is 22.8 Å². The van der Waals surface area contributed by atoms with Crippen LogP contribution in [0.4, 0.5) is 11.6 Å². The van der Waals surface area contributed by atoms with Crippen molar-refractivity contribution in [1.82, 2.24) is 14.9 Å². The fraction of sp³-hybridized carbons (Fsp3) is 0.231. The van der Waals surface area contributed by atoms with E-state index >= 15 is 0 Å². The highest BCUT2D eigenvalue weighted by molar-refractivity contribution is 6.05. The number of anilines is 2. The minimum absolute atomic E-state index is 0.211. The number of fused-ring (bicyclic) bond motifs is 1. The van der Waals surface area contributed by atoms with Crippen molar-refractivity contribution in [3.8, 4) is 0 Å².